The number of aromatic nitrogens is 1. The second-order valence-electron chi connectivity index (χ2n) is 7.60. The number of hydrogen-bond donors (Lipinski definition) is 1. The number of hydrogen-bond acceptors (Lipinski definition) is 3. The highest BCUT2D eigenvalue weighted by Gasteiger charge is 2.49. The minimum absolute atomic E-state index is 0.00282. The van der Waals surface area contributed by atoms with Gasteiger partial charge < -0.3 is 10.2 Å². The molecular weight excluding hydrogens is 364 g/mol. The summed E-state index contributed by atoms with van der Waals surface area (Å²) < 4.78 is 26.6. The van der Waals surface area contributed by atoms with Crippen molar-refractivity contribution in [2.45, 2.75) is 38.1 Å². The maximum atomic E-state index is 13.6. The third-order valence-electron chi connectivity index (χ3n) is 5.77. The van der Waals surface area contributed by atoms with Crippen molar-refractivity contribution < 1.29 is 18.4 Å². The van der Waals surface area contributed by atoms with Crippen LogP contribution >= 0.6 is 0 Å². The maximum Gasteiger partial charge on any atom is 0.270 e. The van der Waals surface area contributed by atoms with Crippen LogP contribution in [0.2, 0.25) is 0 Å². The fourth-order valence-corrected chi connectivity index (χ4v) is 4.39. The van der Waals surface area contributed by atoms with Crippen LogP contribution in [0.3, 0.4) is 0 Å². The molecule has 2 amide bonds. The average molecular weight is 385 g/mol. The predicted octanol–water partition coefficient (Wildman–Crippen LogP) is 3.46. The van der Waals surface area contributed by atoms with Gasteiger partial charge in [0.05, 0.1) is 11.6 Å². The number of pyridine rings is 1. The summed E-state index contributed by atoms with van der Waals surface area (Å²) in [5.41, 5.74) is 0.197. The third kappa shape index (κ3) is 3.48. The quantitative estimate of drug-likeness (QED) is 0.880. The van der Waals surface area contributed by atoms with E-state index in [0.29, 0.717) is 25.1 Å². The summed E-state index contributed by atoms with van der Waals surface area (Å²) in [5, 5.41) is 2.94. The van der Waals surface area contributed by atoms with Crippen LogP contribution in [0.15, 0.2) is 42.6 Å². The van der Waals surface area contributed by atoms with E-state index in [2.05, 4.69) is 10.3 Å². The minimum atomic E-state index is -0.529. The zero-order valence-electron chi connectivity index (χ0n) is 15.3. The molecule has 2 aromatic rings. The molecule has 1 saturated heterocycles. The van der Waals surface area contributed by atoms with E-state index in [-0.39, 0.29) is 29.4 Å². The lowest BCUT2D eigenvalue weighted by Crippen LogP contribution is -2.46. The van der Waals surface area contributed by atoms with Crippen LogP contribution in [0, 0.1) is 17.0 Å². The largest absolute Gasteiger partial charge is 0.348 e. The Kier molecular flexibility index (Phi) is 4.83. The molecule has 28 heavy (non-hydrogen) atoms. The number of carbonyl (C=O) groups is 2. The van der Waals surface area contributed by atoms with Crippen LogP contribution in [0.1, 0.15) is 42.6 Å². The Morgan fingerprint density at radius 1 is 1.18 bits per heavy atom. The molecular formula is C21H21F2N3O2. The zero-order valence-corrected chi connectivity index (χ0v) is 15.3. The van der Waals surface area contributed by atoms with E-state index in [1.807, 2.05) is 0 Å². The van der Waals surface area contributed by atoms with Crippen LogP contribution in [0.25, 0.3) is 0 Å². The number of carbonyl (C=O) groups excluding carboxylic acids is 2. The first kappa shape index (κ1) is 18.5. The molecule has 1 aromatic heterocycles. The molecule has 0 radical (unpaired) electrons. The van der Waals surface area contributed by atoms with Gasteiger partial charge in [-0.1, -0.05) is 12.5 Å². The summed E-state index contributed by atoms with van der Waals surface area (Å²) >= 11 is 0. The van der Waals surface area contributed by atoms with Crippen molar-refractivity contribution in [2.75, 3.05) is 11.4 Å². The number of anilines is 1. The van der Waals surface area contributed by atoms with Gasteiger partial charge in [-0.2, -0.15) is 0 Å². The van der Waals surface area contributed by atoms with Gasteiger partial charge in [0.2, 0.25) is 5.91 Å². The summed E-state index contributed by atoms with van der Waals surface area (Å²) in [6.07, 6.45) is 4.61. The molecule has 5 nitrogen and oxygen atoms in total. The molecule has 0 bridgehead atoms. The Bertz CT molecular complexity index is 903. The smallest absolute Gasteiger partial charge is 0.270 e. The fourth-order valence-electron chi connectivity index (χ4n) is 4.39. The van der Waals surface area contributed by atoms with Crippen molar-refractivity contribution in [1.82, 2.24) is 10.3 Å². The van der Waals surface area contributed by atoms with Crippen molar-refractivity contribution in [3.63, 3.8) is 0 Å². The zero-order chi connectivity index (χ0) is 19.7. The molecule has 2 atom stereocenters. The molecule has 146 valence electrons. The molecule has 1 aliphatic carbocycles. The molecule has 1 aliphatic heterocycles. The maximum absolute atomic E-state index is 13.6. The SMILES string of the molecule is O=C(N[C@@H]1CCC[C@]2(CCN(c3cccc(F)c3)C2=O)C1)c1ccc(F)cn1. The number of rotatable bonds is 3. The average Bonchev–Trinajstić information content (AvgIpc) is 2.98. The topological polar surface area (TPSA) is 62.3 Å². The van der Waals surface area contributed by atoms with Gasteiger partial charge in [0, 0.05) is 18.3 Å². The number of amides is 2. The molecule has 2 fully saturated rings. The van der Waals surface area contributed by atoms with E-state index in [4.69, 9.17) is 0 Å². The van der Waals surface area contributed by atoms with Crippen LogP contribution < -0.4 is 10.2 Å². The first-order chi connectivity index (χ1) is 13.5. The van der Waals surface area contributed by atoms with Gasteiger partial charge >= 0.3 is 0 Å². The molecule has 2 heterocycles. The minimum Gasteiger partial charge on any atom is -0.348 e. The Morgan fingerprint density at radius 2 is 2.04 bits per heavy atom. The summed E-state index contributed by atoms with van der Waals surface area (Å²) in [4.78, 5) is 31.0. The Labute approximate surface area is 161 Å². The highest BCUT2D eigenvalue weighted by molar-refractivity contribution is 6.00. The second-order valence-corrected chi connectivity index (χ2v) is 7.60. The summed E-state index contributed by atoms with van der Waals surface area (Å²) in [5.74, 6) is -1.24. The van der Waals surface area contributed by atoms with E-state index in [9.17, 15) is 18.4 Å². The van der Waals surface area contributed by atoms with E-state index in [1.54, 1.807) is 17.0 Å². The summed E-state index contributed by atoms with van der Waals surface area (Å²) in [7, 11) is 0. The predicted molar refractivity (Wildman–Crippen MR) is 99.7 cm³/mol. The fraction of sp³-hybridized carbons (Fsp3) is 0.381. The van der Waals surface area contributed by atoms with Crippen molar-refractivity contribution in [3.8, 4) is 0 Å². The molecule has 1 saturated carbocycles. The molecule has 7 heteroatoms. The van der Waals surface area contributed by atoms with Crippen molar-refractivity contribution in [3.05, 3.63) is 59.9 Å². The number of nitrogens with zero attached hydrogens (tertiary/aromatic N) is 2. The molecule has 0 unspecified atom stereocenters. The third-order valence-corrected chi connectivity index (χ3v) is 5.77. The number of halogens is 2. The van der Waals surface area contributed by atoms with E-state index < -0.39 is 11.2 Å². The lowest BCUT2D eigenvalue weighted by Gasteiger charge is -2.36. The van der Waals surface area contributed by atoms with E-state index in [1.165, 1.54) is 24.3 Å². The molecule has 1 aromatic carbocycles. The monoisotopic (exact) mass is 385 g/mol. The summed E-state index contributed by atoms with van der Waals surface area (Å²) in [6, 6.07) is 8.46. The van der Waals surface area contributed by atoms with Crippen LogP contribution in [-0.2, 0) is 4.79 Å². The van der Waals surface area contributed by atoms with E-state index in [0.717, 1.165) is 25.5 Å². The van der Waals surface area contributed by atoms with Gasteiger partial charge in [0.15, 0.2) is 0 Å². The Hall–Kier alpha value is -2.83. The highest BCUT2D eigenvalue weighted by Crippen LogP contribution is 2.46. The van der Waals surface area contributed by atoms with Gasteiger partial charge in [-0.05, 0) is 56.0 Å². The highest BCUT2D eigenvalue weighted by atomic mass is 19.1. The standard InChI is InChI=1S/C21H21F2N3O2/c22-14-3-1-5-17(11-14)26-10-9-21(20(26)28)8-2-4-16(12-21)25-19(27)18-7-6-15(23)13-24-18/h1,3,5-7,11,13,16H,2,4,8-10,12H2,(H,25,27)/t16-,21+/m1/s1. The molecule has 1 spiro atoms. The molecule has 4 rings (SSSR count). The van der Waals surface area contributed by atoms with E-state index >= 15 is 0 Å². The summed E-state index contributed by atoms with van der Waals surface area (Å²) in [6.45, 7) is 0.544. The van der Waals surface area contributed by atoms with Gasteiger partial charge in [-0.15, -0.1) is 0 Å². The van der Waals surface area contributed by atoms with Crippen LogP contribution in [0.4, 0.5) is 14.5 Å². The lowest BCUT2D eigenvalue weighted by molar-refractivity contribution is -0.127. The van der Waals surface area contributed by atoms with Crippen LogP contribution in [-0.4, -0.2) is 29.4 Å². The van der Waals surface area contributed by atoms with Crippen molar-refractivity contribution in [2.24, 2.45) is 5.41 Å². The first-order valence-electron chi connectivity index (χ1n) is 9.47. The lowest BCUT2D eigenvalue weighted by atomic mass is 9.71. The second kappa shape index (κ2) is 7.30. The molecule has 1 N–H and O–H groups in total. The Balaban J connectivity index is 1.46. The van der Waals surface area contributed by atoms with Crippen molar-refractivity contribution in [1.29, 1.82) is 0 Å². The number of nitrogens with one attached hydrogen (secondary N) is 1. The van der Waals surface area contributed by atoms with Crippen LogP contribution in [0.5, 0.6) is 0 Å². The van der Waals surface area contributed by atoms with Gasteiger partial charge in [0.1, 0.15) is 17.3 Å². The van der Waals surface area contributed by atoms with Gasteiger partial charge in [0.25, 0.3) is 5.91 Å². The Morgan fingerprint density at radius 3 is 2.79 bits per heavy atom. The first-order valence-corrected chi connectivity index (χ1v) is 9.47. The van der Waals surface area contributed by atoms with Gasteiger partial charge in [-0.3, -0.25) is 9.59 Å². The van der Waals surface area contributed by atoms with Crippen molar-refractivity contribution >= 4 is 17.5 Å². The normalized spacial score (nSPS) is 24.6. The molecule has 2 aliphatic rings. The van der Waals surface area contributed by atoms with Gasteiger partial charge in [-0.25, -0.2) is 13.8 Å². The number of benzene rings is 1.